The normalized spacial score (nSPS) is 10.5. The van der Waals surface area contributed by atoms with E-state index in [-0.39, 0.29) is 11.4 Å². The third kappa shape index (κ3) is 2.86. The van der Waals surface area contributed by atoms with E-state index in [1.165, 1.54) is 10.9 Å². The Bertz CT molecular complexity index is 614. The second-order valence-electron chi connectivity index (χ2n) is 3.77. The molecular weight excluding hydrogens is 355 g/mol. The Balaban J connectivity index is 2.35. The zero-order valence-electron chi connectivity index (χ0n) is 9.75. The predicted molar refractivity (Wildman–Crippen MR) is 79.7 cm³/mol. The number of anilines is 2. The second-order valence-corrected chi connectivity index (χ2v) is 5.50. The molecule has 0 bridgehead atoms. The number of aromatic nitrogens is 2. The Kier molecular flexibility index (Phi) is 4.03. The van der Waals surface area contributed by atoms with Crippen molar-refractivity contribution in [2.75, 3.05) is 11.1 Å². The number of hydrogen-bond donors (Lipinski definition) is 2. The third-order valence-electron chi connectivity index (χ3n) is 2.43. The standard InChI is InChI=1S/C11H9BrCl2N4O/c1-18-10(8(15)4-16-18)11(19)17-9-6(13)2-5(12)3-7(9)14/h2-4H,15H2,1H3,(H,17,19). The first-order valence-corrected chi connectivity index (χ1v) is 6.68. The van der Waals surface area contributed by atoms with Gasteiger partial charge in [0.05, 0.1) is 27.6 Å². The maximum atomic E-state index is 12.1. The summed E-state index contributed by atoms with van der Waals surface area (Å²) in [4.78, 5) is 12.1. The molecule has 0 radical (unpaired) electrons. The minimum atomic E-state index is -0.427. The molecule has 1 heterocycles. The number of hydrogen-bond acceptors (Lipinski definition) is 3. The molecule has 1 aromatic heterocycles. The highest BCUT2D eigenvalue weighted by Crippen LogP contribution is 2.34. The molecule has 0 spiro atoms. The number of carbonyl (C=O) groups is 1. The summed E-state index contributed by atoms with van der Waals surface area (Å²) in [6.45, 7) is 0. The number of amides is 1. The fourth-order valence-corrected chi connectivity index (χ4v) is 2.87. The Morgan fingerprint density at radius 2 is 2.00 bits per heavy atom. The quantitative estimate of drug-likeness (QED) is 0.859. The third-order valence-corrected chi connectivity index (χ3v) is 3.48. The van der Waals surface area contributed by atoms with E-state index in [0.717, 1.165) is 4.47 Å². The van der Waals surface area contributed by atoms with Crippen molar-refractivity contribution in [2.45, 2.75) is 0 Å². The van der Waals surface area contributed by atoms with Crippen molar-refractivity contribution in [3.63, 3.8) is 0 Å². The van der Waals surface area contributed by atoms with Crippen LogP contribution in [0.25, 0.3) is 0 Å². The monoisotopic (exact) mass is 362 g/mol. The summed E-state index contributed by atoms with van der Waals surface area (Å²) < 4.78 is 2.10. The lowest BCUT2D eigenvalue weighted by atomic mass is 10.3. The summed E-state index contributed by atoms with van der Waals surface area (Å²) in [7, 11) is 1.62. The van der Waals surface area contributed by atoms with E-state index in [4.69, 9.17) is 28.9 Å². The van der Waals surface area contributed by atoms with Gasteiger partial charge < -0.3 is 11.1 Å². The van der Waals surface area contributed by atoms with Crippen molar-refractivity contribution < 1.29 is 4.79 Å². The molecule has 3 N–H and O–H groups in total. The molecule has 19 heavy (non-hydrogen) atoms. The Morgan fingerprint density at radius 3 is 2.47 bits per heavy atom. The number of nitrogens with two attached hydrogens (primary N) is 1. The maximum Gasteiger partial charge on any atom is 0.276 e. The number of nitrogen functional groups attached to an aromatic ring is 1. The van der Waals surface area contributed by atoms with Gasteiger partial charge in [0.25, 0.3) is 5.91 Å². The predicted octanol–water partition coefficient (Wildman–Crippen LogP) is 3.32. The lowest BCUT2D eigenvalue weighted by molar-refractivity contribution is 0.101. The van der Waals surface area contributed by atoms with Crippen LogP contribution in [0.3, 0.4) is 0 Å². The largest absolute Gasteiger partial charge is 0.396 e. The smallest absolute Gasteiger partial charge is 0.276 e. The molecule has 8 heteroatoms. The molecule has 2 rings (SSSR count). The van der Waals surface area contributed by atoms with Crippen LogP contribution < -0.4 is 11.1 Å². The number of nitrogens with one attached hydrogen (secondary N) is 1. The summed E-state index contributed by atoms with van der Waals surface area (Å²) >= 11 is 15.3. The molecule has 100 valence electrons. The van der Waals surface area contributed by atoms with E-state index in [0.29, 0.717) is 15.7 Å². The van der Waals surface area contributed by atoms with E-state index < -0.39 is 5.91 Å². The molecule has 0 aliphatic heterocycles. The van der Waals surface area contributed by atoms with E-state index in [9.17, 15) is 4.79 Å². The molecule has 0 aliphatic rings. The minimum Gasteiger partial charge on any atom is -0.396 e. The highest BCUT2D eigenvalue weighted by molar-refractivity contribution is 9.10. The van der Waals surface area contributed by atoms with Crippen LogP contribution in [0.4, 0.5) is 11.4 Å². The first kappa shape index (κ1) is 14.2. The van der Waals surface area contributed by atoms with Crippen LogP contribution in [-0.4, -0.2) is 15.7 Å². The van der Waals surface area contributed by atoms with Gasteiger partial charge in [-0.3, -0.25) is 9.48 Å². The topological polar surface area (TPSA) is 72.9 Å². The van der Waals surface area contributed by atoms with Gasteiger partial charge in [0.1, 0.15) is 5.69 Å². The van der Waals surface area contributed by atoms with Gasteiger partial charge in [-0.25, -0.2) is 0 Å². The Morgan fingerprint density at radius 1 is 1.42 bits per heavy atom. The van der Waals surface area contributed by atoms with Crippen LogP contribution in [0, 0.1) is 0 Å². The van der Waals surface area contributed by atoms with Crippen molar-refractivity contribution >= 4 is 56.4 Å². The molecule has 0 aliphatic carbocycles. The average Bonchev–Trinajstić information content (AvgIpc) is 2.63. The fraction of sp³-hybridized carbons (Fsp3) is 0.0909. The molecular formula is C11H9BrCl2N4O. The van der Waals surface area contributed by atoms with E-state index in [1.807, 2.05) is 0 Å². The van der Waals surface area contributed by atoms with Gasteiger partial charge in [0, 0.05) is 11.5 Å². The van der Waals surface area contributed by atoms with Crippen molar-refractivity contribution in [3.05, 3.63) is 38.5 Å². The zero-order chi connectivity index (χ0) is 14.2. The van der Waals surface area contributed by atoms with E-state index in [1.54, 1.807) is 19.2 Å². The molecule has 1 amide bonds. The van der Waals surface area contributed by atoms with Crippen LogP contribution in [0.2, 0.25) is 10.0 Å². The first-order chi connectivity index (χ1) is 8.90. The molecule has 0 saturated heterocycles. The van der Waals surface area contributed by atoms with E-state index in [2.05, 4.69) is 26.3 Å². The molecule has 0 unspecified atom stereocenters. The summed E-state index contributed by atoms with van der Waals surface area (Å²) in [6.07, 6.45) is 1.40. The lowest BCUT2D eigenvalue weighted by Crippen LogP contribution is -2.18. The van der Waals surface area contributed by atoms with Crippen LogP contribution >= 0.6 is 39.1 Å². The number of nitrogens with zero attached hydrogens (tertiary/aromatic N) is 2. The molecule has 2 aromatic rings. The number of carbonyl (C=O) groups excluding carboxylic acids is 1. The van der Waals surface area contributed by atoms with Gasteiger partial charge in [-0.15, -0.1) is 0 Å². The number of aryl methyl sites for hydroxylation is 1. The second kappa shape index (κ2) is 5.40. The van der Waals surface area contributed by atoms with Gasteiger partial charge in [-0.2, -0.15) is 5.10 Å². The zero-order valence-corrected chi connectivity index (χ0v) is 12.8. The van der Waals surface area contributed by atoms with Gasteiger partial charge in [0.2, 0.25) is 0 Å². The highest BCUT2D eigenvalue weighted by Gasteiger charge is 2.18. The molecule has 0 saturated carbocycles. The first-order valence-electron chi connectivity index (χ1n) is 5.13. The van der Waals surface area contributed by atoms with Crippen molar-refractivity contribution in [1.29, 1.82) is 0 Å². The maximum absolute atomic E-state index is 12.1. The fourth-order valence-electron chi connectivity index (χ4n) is 1.57. The number of rotatable bonds is 2. The molecule has 0 fully saturated rings. The summed E-state index contributed by atoms with van der Waals surface area (Å²) in [5.41, 5.74) is 6.54. The summed E-state index contributed by atoms with van der Waals surface area (Å²) in [5.74, 6) is -0.427. The highest BCUT2D eigenvalue weighted by atomic mass is 79.9. The van der Waals surface area contributed by atoms with Gasteiger partial charge in [-0.05, 0) is 12.1 Å². The van der Waals surface area contributed by atoms with Crippen LogP contribution in [0.15, 0.2) is 22.8 Å². The van der Waals surface area contributed by atoms with Crippen LogP contribution in [-0.2, 0) is 7.05 Å². The SMILES string of the molecule is Cn1ncc(N)c1C(=O)Nc1c(Cl)cc(Br)cc1Cl. The Hall–Kier alpha value is -1.24. The summed E-state index contributed by atoms with van der Waals surface area (Å²) in [5, 5.41) is 7.18. The van der Waals surface area contributed by atoms with Crippen molar-refractivity contribution in [3.8, 4) is 0 Å². The van der Waals surface area contributed by atoms with Gasteiger partial charge in [-0.1, -0.05) is 39.1 Å². The van der Waals surface area contributed by atoms with E-state index >= 15 is 0 Å². The number of halogens is 3. The van der Waals surface area contributed by atoms with Gasteiger partial charge >= 0.3 is 0 Å². The molecule has 1 aromatic carbocycles. The molecule has 5 nitrogen and oxygen atoms in total. The summed E-state index contributed by atoms with van der Waals surface area (Å²) in [6, 6.07) is 3.27. The van der Waals surface area contributed by atoms with Crippen LogP contribution in [0.5, 0.6) is 0 Å². The van der Waals surface area contributed by atoms with Crippen LogP contribution in [0.1, 0.15) is 10.5 Å². The lowest BCUT2D eigenvalue weighted by Gasteiger charge is -2.10. The Labute approximate surface area is 127 Å². The van der Waals surface area contributed by atoms with Crippen molar-refractivity contribution in [2.24, 2.45) is 7.05 Å². The van der Waals surface area contributed by atoms with Gasteiger partial charge in [0.15, 0.2) is 0 Å². The number of benzene rings is 1. The minimum absolute atomic E-state index is 0.245. The molecule has 0 atom stereocenters. The average molecular weight is 364 g/mol. The van der Waals surface area contributed by atoms with Crippen molar-refractivity contribution in [1.82, 2.24) is 9.78 Å².